The fraction of sp³-hybridized carbons (Fsp3) is 0.333. The van der Waals surface area contributed by atoms with Crippen molar-refractivity contribution in [3.05, 3.63) is 34.4 Å². The quantitative estimate of drug-likeness (QED) is 0.447. The van der Waals surface area contributed by atoms with E-state index < -0.39 is 6.04 Å². The van der Waals surface area contributed by atoms with Crippen molar-refractivity contribution in [2.75, 3.05) is 12.3 Å². The minimum absolute atomic E-state index is 0.0664. The highest BCUT2D eigenvalue weighted by Gasteiger charge is 2.12. The van der Waals surface area contributed by atoms with Crippen molar-refractivity contribution in [1.29, 1.82) is 0 Å². The molecule has 0 bridgehead atoms. The normalized spacial score (nSPS) is 12.1. The largest absolute Gasteiger partial charge is 0.486 e. The molecule has 0 radical (unpaired) electrons. The van der Waals surface area contributed by atoms with Crippen LogP contribution in [0.5, 0.6) is 5.75 Å². The summed E-state index contributed by atoms with van der Waals surface area (Å²) in [5, 5.41) is 10.3. The van der Waals surface area contributed by atoms with Crippen LogP contribution in [0.25, 0.3) is 0 Å². The predicted molar refractivity (Wildman–Crippen MR) is 52.8 cm³/mol. The summed E-state index contributed by atoms with van der Waals surface area (Å²) in [4.78, 5) is 9.90. The highest BCUT2D eigenvalue weighted by molar-refractivity contribution is 5.41. The van der Waals surface area contributed by atoms with Gasteiger partial charge < -0.3 is 10.5 Å². The van der Waals surface area contributed by atoms with Gasteiger partial charge in [-0.3, -0.25) is 10.1 Å². The minimum atomic E-state index is -0.701. The topological polar surface area (TPSA) is 78.4 Å². The molecule has 0 aromatic heterocycles. The molecule has 0 spiro atoms. The number of rotatable bonds is 4. The summed E-state index contributed by atoms with van der Waals surface area (Å²) in [7, 11) is 0. The van der Waals surface area contributed by atoms with Crippen LogP contribution in [0, 0.1) is 10.1 Å². The Morgan fingerprint density at radius 2 is 2.07 bits per heavy atom. The van der Waals surface area contributed by atoms with Crippen LogP contribution in [0.4, 0.5) is 5.69 Å². The third kappa shape index (κ3) is 2.93. The van der Waals surface area contributed by atoms with E-state index in [0.29, 0.717) is 11.4 Å². The van der Waals surface area contributed by atoms with E-state index in [4.69, 9.17) is 10.5 Å². The molecule has 0 aliphatic carbocycles. The van der Waals surface area contributed by atoms with Crippen LogP contribution in [-0.2, 0) is 0 Å². The van der Waals surface area contributed by atoms with Gasteiger partial charge in [-0.2, -0.15) is 0 Å². The molecule has 1 rings (SSSR count). The number of nitro groups is 1. The zero-order valence-electron chi connectivity index (χ0n) is 7.84. The number of anilines is 1. The van der Waals surface area contributed by atoms with Crippen LogP contribution in [0.1, 0.15) is 6.92 Å². The Morgan fingerprint density at radius 1 is 1.50 bits per heavy atom. The maximum absolute atomic E-state index is 10.3. The van der Waals surface area contributed by atoms with Crippen LogP contribution in [-0.4, -0.2) is 17.6 Å². The molecule has 5 heteroatoms. The van der Waals surface area contributed by atoms with E-state index in [9.17, 15) is 10.1 Å². The summed E-state index contributed by atoms with van der Waals surface area (Å²) < 4.78 is 5.19. The molecular weight excluding hydrogens is 184 g/mol. The highest BCUT2D eigenvalue weighted by atomic mass is 16.6. The Morgan fingerprint density at radius 3 is 2.57 bits per heavy atom. The van der Waals surface area contributed by atoms with Crippen molar-refractivity contribution in [2.45, 2.75) is 13.0 Å². The van der Waals surface area contributed by atoms with E-state index >= 15 is 0 Å². The van der Waals surface area contributed by atoms with Gasteiger partial charge in [0.15, 0.2) is 6.61 Å². The molecule has 1 aromatic rings. The second-order valence-corrected chi connectivity index (χ2v) is 3.01. The maximum Gasteiger partial charge on any atom is 0.243 e. The summed E-state index contributed by atoms with van der Waals surface area (Å²) in [6.07, 6.45) is 0. The predicted octanol–water partition coefficient (Wildman–Crippen LogP) is 1.31. The average Bonchev–Trinajstić information content (AvgIpc) is 2.16. The fourth-order valence-electron chi connectivity index (χ4n) is 0.842. The van der Waals surface area contributed by atoms with Crippen LogP contribution in [0.2, 0.25) is 0 Å². The van der Waals surface area contributed by atoms with Crippen molar-refractivity contribution in [3.63, 3.8) is 0 Å². The van der Waals surface area contributed by atoms with E-state index in [2.05, 4.69) is 0 Å². The Kier molecular flexibility index (Phi) is 3.28. The first-order valence-electron chi connectivity index (χ1n) is 4.21. The van der Waals surface area contributed by atoms with Gasteiger partial charge in [-0.1, -0.05) is 0 Å². The van der Waals surface area contributed by atoms with Crippen LogP contribution in [0.3, 0.4) is 0 Å². The van der Waals surface area contributed by atoms with Gasteiger partial charge in [-0.15, -0.1) is 0 Å². The molecule has 76 valence electrons. The molecule has 5 nitrogen and oxygen atoms in total. The van der Waals surface area contributed by atoms with Crippen LogP contribution < -0.4 is 10.5 Å². The summed E-state index contributed by atoms with van der Waals surface area (Å²) >= 11 is 0. The van der Waals surface area contributed by atoms with E-state index in [1.165, 1.54) is 6.92 Å². The van der Waals surface area contributed by atoms with Gasteiger partial charge in [0, 0.05) is 17.5 Å². The molecule has 1 aromatic carbocycles. The van der Waals surface area contributed by atoms with E-state index in [1.54, 1.807) is 24.3 Å². The standard InChI is InChI=1S/C9H12N2O3/c1-7(11(12)13)6-14-9-4-2-8(10)3-5-9/h2-5,7H,6,10H2,1H3. The third-order valence-corrected chi connectivity index (χ3v) is 1.73. The number of ether oxygens (including phenoxy) is 1. The molecule has 14 heavy (non-hydrogen) atoms. The molecule has 2 N–H and O–H groups in total. The Bertz CT molecular complexity index is 310. The van der Waals surface area contributed by atoms with Gasteiger partial charge >= 0.3 is 0 Å². The van der Waals surface area contributed by atoms with E-state index in [-0.39, 0.29) is 11.5 Å². The smallest absolute Gasteiger partial charge is 0.243 e. The number of nitrogen functional groups attached to an aromatic ring is 1. The van der Waals surface area contributed by atoms with Crippen molar-refractivity contribution in [3.8, 4) is 5.75 Å². The van der Waals surface area contributed by atoms with Crippen LogP contribution >= 0.6 is 0 Å². The Labute approximate surface area is 81.6 Å². The van der Waals surface area contributed by atoms with E-state index in [0.717, 1.165) is 0 Å². The molecule has 0 saturated carbocycles. The summed E-state index contributed by atoms with van der Waals surface area (Å²) in [6.45, 7) is 1.56. The number of hydrogen-bond donors (Lipinski definition) is 1. The zero-order valence-corrected chi connectivity index (χ0v) is 7.84. The van der Waals surface area contributed by atoms with E-state index in [1.807, 2.05) is 0 Å². The number of nitrogens with two attached hydrogens (primary N) is 1. The van der Waals surface area contributed by atoms with Crippen molar-refractivity contribution in [1.82, 2.24) is 0 Å². The van der Waals surface area contributed by atoms with Gasteiger partial charge in [0.05, 0.1) is 0 Å². The van der Waals surface area contributed by atoms with Gasteiger partial charge in [-0.05, 0) is 24.3 Å². The van der Waals surface area contributed by atoms with Gasteiger partial charge in [-0.25, -0.2) is 0 Å². The van der Waals surface area contributed by atoms with Gasteiger partial charge in [0.25, 0.3) is 0 Å². The molecule has 1 atom stereocenters. The van der Waals surface area contributed by atoms with Crippen molar-refractivity contribution in [2.24, 2.45) is 0 Å². The van der Waals surface area contributed by atoms with Crippen LogP contribution in [0.15, 0.2) is 24.3 Å². The molecule has 0 heterocycles. The molecule has 1 unspecified atom stereocenters. The van der Waals surface area contributed by atoms with Crippen molar-refractivity contribution < 1.29 is 9.66 Å². The Hall–Kier alpha value is -1.78. The SMILES string of the molecule is CC(COc1ccc(N)cc1)[N+](=O)[O-]. The first-order chi connectivity index (χ1) is 6.59. The molecule has 0 aliphatic rings. The van der Waals surface area contributed by atoms with Gasteiger partial charge in [0.1, 0.15) is 5.75 Å². The average molecular weight is 196 g/mol. The molecule has 0 fully saturated rings. The lowest BCUT2D eigenvalue weighted by molar-refractivity contribution is -0.520. The second-order valence-electron chi connectivity index (χ2n) is 3.01. The summed E-state index contributed by atoms with van der Waals surface area (Å²) in [5.74, 6) is 0.591. The summed E-state index contributed by atoms with van der Waals surface area (Å²) in [5.41, 5.74) is 6.11. The molecule has 0 aliphatic heterocycles. The van der Waals surface area contributed by atoms with Gasteiger partial charge in [0.2, 0.25) is 6.04 Å². The Balaban J connectivity index is 2.46. The highest BCUT2D eigenvalue weighted by Crippen LogP contribution is 2.13. The first kappa shape index (κ1) is 10.3. The monoisotopic (exact) mass is 196 g/mol. The maximum atomic E-state index is 10.3. The second kappa shape index (κ2) is 4.45. The minimum Gasteiger partial charge on any atom is -0.486 e. The number of benzene rings is 1. The number of hydrogen-bond acceptors (Lipinski definition) is 4. The lowest BCUT2D eigenvalue weighted by atomic mass is 10.3. The third-order valence-electron chi connectivity index (χ3n) is 1.73. The lowest BCUT2D eigenvalue weighted by Gasteiger charge is -2.07. The van der Waals surface area contributed by atoms with Crippen molar-refractivity contribution >= 4 is 5.69 Å². The fourth-order valence-corrected chi connectivity index (χ4v) is 0.842. The number of nitrogens with zero attached hydrogens (tertiary/aromatic N) is 1. The zero-order chi connectivity index (χ0) is 10.6. The molecular formula is C9H12N2O3. The molecule has 0 saturated heterocycles. The first-order valence-corrected chi connectivity index (χ1v) is 4.21. The molecule has 0 amide bonds. The lowest BCUT2D eigenvalue weighted by Crippen LogP contribution is -2.23. The summed E-state index contributed by atoms with van der Waals surface area (Å²) in [6, 6.07) is 6.04.